The highest BCUT2D eigenvalue weighted by Crippen LogP contribution is 2.11. The van der Waals surface area contributed by atoms with Crippen molar-refractivity contribution in [1.29, 1.82) is 0 Å². The standard InChI is InChI=1S/C9H11N3O3/c1-6(13)10-8-3-9(11-7(2)14)5-12(15)4-8/h3-5H,1-2H3,(H,10,13)(H,11,14). The first kappa shape index (κ1) is 11.0. The number of pyridine rings is 1. The number of nitrogens with one attached hydrogen (secondary N) is 2. The lowest BCUT2D eigenvalue weighted by Crippen LogP contribution is -2.27. The average Bonchev–Trinajstić information content (AvgIpc) is 1.98. The van der Waals surface area contributed by atoms with Gasteiger partial charge in [-0.2, -0.15) is 4.73 Å². The van der Waals surface area contributed by atoms with E-state index < -0.39 is 0 Å². The van der Waals surface area contributed by atoms with E-state index in [1.165, 1.54) is 32.3 Å². The van der Waals surface area contributed by atoms with Gasteiger partial charge >= 0.3 is 0 Å². The van der Waals surface area contributed by atoms with Crippen LogP contribution in [0.25, 0.3) is 0 Å². The third-order valence-corrected chi connectivity index (χ3v) is 1.48. The first-order valence-corrected chi connectivity index (χ1v) is 4.26. The Bertz CT molecular complexity index is 369. The van der Waals surface area contributed by atoms with E-state index in [0.29, 0.717) is 16.1 Å². The first-order valence-electron chi connectivity index (χ1n) is 4.26. The highest BCUT2D eigenvalue weighted by molar-refractivity contribution is 5.91. The molecule has 0 saturated heterocycles. The third kappa shape index (κ3) is 3.63. The molecule has 2 amide bonds. The van der Waals surface area contributed by atoms with Gasteiger partial charge in [-0.3, -0.25) is 9.59 Å². The minimum Gasteiger partial charge on any atom is -0.619 e. The molecular weight excluding hydrogens is 198 g/mol. The molecule has 1 aromatic rings. The topological polar surface area (TPSA) is 85.1 Å². The number of nitrogens with zero attached hydrogens (tertiary/aromatic N) is 1. The lowest BCUT2D eigenvalue weighted by molar-refractivity contribution is -0.603. The Balaban J connectivity index is 2.94. The molecule has 1 heterocycles. The molecule has 0 bridgehead atoms. The van der Waals surface area contributed by atoms with Crippen LogP contribution in [0.1, 0.15) is 13.8 Å². The number of hydrogen-bond acceptors (Lipinski definition) is 3. The molecule has 2 N–H and O–H groups in total. The van der Waals surface area contributed by atoms with Crippen molar-refractivity contribution in [2.24, 2.45) is 0 Å². The van der Waals surface area contributed by atoms with Crippen molar-refractivity contribution >= 4 is 23.2 Å². The lowest BCUT2D eigenvalue weighted by Gasteiger charge is -2.06. The van der Waals surface area contributed by atoms with Gasteiger partial charge in [0.15, 0.2) is 0 Å². The Kier molecular flexibility index (Phi) is 3.22. The molecule has 0 saturated carbocycles. The number of rotatable bonds is 2. The summed E-state index contributed by atoms with van der Waals surface area (Å²) in [6.45, 7) is 2.67. The number of amides is 2. The SMILES string of the molecule is CC(=O)Nc1cc(NC(C)=O)c[n+]([O-])c1. The molecule has 0 aliphatic carbocycles. The average molecular weight is 209 g/mol. The number of anilines is 2. The smallest absolute Gasteiger partial charge is 0.221 e. The monoisotopic (exact) mass is 209 g/mol. The van der Waals surface area contributed by atoms with Crippen molar-refractivity contribution < 1.29 is 14.3 Å². The third-order valence-electron chi connectivity index (χ3n) is 1.48. The Morgan fingerprint density at radius 1 is 1.13 bits per heavy atom. The fourth-order valence-electron chi connectivity index (χ4n) is 1.10. The molecule has 0 unspecified atom stereocenters. The highest BCUT2D eigenvalue weighted by atomic mass is 16.5. The van der Waals surface area contributed by atoms with Crippen LogP contribution in [0.3, 0.4) is 0 Å². The molecule has 6 heteroatoms. The zero-order valence-corrected chi connectivity index (χ0v) is 8.40. The number of carbonyl (C=O) groups excluding carboxylic acids is 2. The molecule has 0 spiro atoms. The van der Waals surface area contributed by atoms with Crippen LogP contribution in [0.15, 0.2) is 18.5 Å². The van der Waals surface area contributed by atoms with E-state index in [9.17, 15) is 14.8 Å². The van der Waals surface area contributed by atoms with Gasteiger partial charge in [-0.05, 0) is 6.07 Å². The molecular formula is C9H11N3O3. The second-order valence-electron chi connectivity index (χ2n) is 3.04. The summed E-state index contributed by atoms with van der Waals surface area (Å²) in [4.78, 5) is 21.5. The molecule has 1 rings (SSSR count). The molecule has 0 aliphatic rings. The van der Waals surface area contributed by atoms with E-state index in [2.05, 4.69) is 10.6 Å². The number of carbonyl (C=O) groups is 2. The summed E-state index contributed by atoms with van der Waals surface area (Å²) in [5.74, 6) is -0.565. The van der Waals surface area contributed by atoms with Crippen molar-refractivity contribution in [2.45, 2.75) is 13.8 Å². The van der Waals surface area contributed by atoms with Crippen LogP contribution in [0.4, 0.5) is 11.4 Å². The normalized spacial score (nSPS) is 9.47. The van der Waals surface area contributed by atoms with Crippen LogP contribution in [0.2, 0.25) is 0 Å². The van der Waals surface area contributed by atoms with Crippen LogP contribution in [0, 0.1) is 5.21 Å². The Morgan fingerprint density at radius 2 is 1.53 bits per heavy atom. The van der Waals surface area contributed by atoms with Gasteiger partial charge in [-0.15, -0.1) is 0 Å². The highest BCUT2D eigenvalue weighted by Gasteiger charge is 2.05. The summed E-state index contributed by atoms with van der Waals surface area (Å²) < 4.78 is 0.510. The maximum atomic E-state index is 11.1. The van der Waals surface area contributed by atoms with Gasteiger partial charge in [0.1, 0.15) is 11.4 Å². The summed E-state index contributed by atoms with van der Waals surface area (Å²) in [7, 11) is 0. The molecule has 6 nitrogen and oxygen atoms in total. The molecule has 0 radical (unpaired) electrons. The molecule has 15 heavy (non-hydrogen) atoms. The first-order chi connectivity index (χ1) is 6.97. The summed E-state index contributed by atoms with van der Waals surface area (Å²) in [5, 5.41) is 16.0. The van der Waals surface area contributed by atoms with Crippen molar-refractivity contribution in [3.63, 3.8) is 0 Å². The second kappa shape index (κ2) is 4.41. The van der Waals surface area contributed by atoms with E-state index in [1.54, 1.807) is 0 Å². The van der Waals surface area contributed by atoms with E-state index in [4.69, 9.17) is 0 Å². The summed E-state index contributed by atoms with van der Waals surface area (Å²) in [6.07, 6.45) is 2.40. The van der Waals surface area contributed by atoms with Gasteiger partial charge in [-0.1, -0.05) is 0 Å². The van der Waals surface area contributed by atoms with Gasteiger partial charge in [-0.25, -0.2) is 0 Å². The largest absolute Gasteiger partial charge is 0.619 e. The van der Waals surface area contributed by atoms with Gasteiger partial charge in [0.05, 0.1) is 0 Å². The van der Waals surface area contributed by atoms with E-state index in [0.717, 1.165) is 0 Å². The van der Waals surface area contributed by atoms with Gasteiger partial charge < -0.3 is 15.8 Å². The van der Waals surface area contributed by atoms with Crippen molar-refractivity contribution in [3.8, 4) is 0 Å². The van der Waals surface area contributed by atoms with Crippen molar-refractivity contribution in [2.75, 3.05) is 10.6 Å². The Hall–Kier alpha value is -2.11. The Labute approximate surface area is 86.5 Å². The second-order valence-corrected chi connectivity index (χ2v) is 3.04. The van der Waals surface area contributed by atoms with Crippen molar-refractivity contribution in [1.82, 2.24) is 0 Å². The minimum atomic E-state index is -0.282. The van der Waals surface area contributed by atoms with Crippen LogP contribution in [-0.4, -0.2) is 11.8 Å². The zero-order chi connectivity index (χ0) is 11.4. The number of aromatic nitrogens is 1. The van der Waals surface area contributed by atoms with Gasteiger partial charge in [0.2, 0.25) is 24.2 Å². The van der Waals surface area contributed by atoms with Crippen LogP contribution in [-0.2, 0) is 9.59 Å². The van der Waals surface area contributed by atoms with E-state index in [1.807, 2.05) is 0 Å². The summed E-state index contributed by atoms with van der Waals surface area (Å²) in [6, 6.07) is 1.50. The van der Waals surface area contributed by atoms with Crippen molar-refractivity contribution in [3.05, 3.63) is 23.7 Å². The lowest BCUT2D eigenvalue weighted by atomic mass is 10.3. The van der Waals surface area contributed by atoms with E-state index >= 15 is 0 Å². The fraction of sp³-hybridized carbons (Fsp3) is 0.222. The molecule has 1 aromatic heterocycles. The predicted octanol–water partition coefficient (Wildman–Crippen LogP) is 0.237. The molecule has 0 aromatic carbocycles. The van der Waals surface area contributed by atoms with Crippen LogP contribution in [0.5, 0.6) is 0 Å². The minimum absolute atomic E-state index is 0.282. The molecule has 0 fully saturated rings. The summed E-state index contributed by atoms with van der Waals surface area (Å²) >= 11 is 0. The van der Waals surface area contributed by atoms with Crippen LogP contribution < -0.4 is 15.4 Å². The van der Waals surface area contributed by atoms with E-state index in [-0.39, 0.29) is 11.8 Å². The maximum absolute atomic E-state index is 11.1. The molecule has 0 aliphatic heterocycles. The fourth-order valence-corrected chi connectivity index (χ4v) is 1.10. The quantitative estimate of drug-likeness (QED) is 0.540. The Morgan fingerprint density at radius 3 is 1.87 bits per heavy atom. The van der Waals surface area contributed by atoms with Crippen LogP contribution >= 0.6 is 0 Å². The molecule has 80 valence electrons. The van der Waals surface area contributed by atoms with Gasteiger partial charge in [0.25, 0.3) is 0 Å². The maximum Gasteiger partial charge on any atom is 0.221 e. The van der Waals surface area contributed by atoms with Gasteiger partial charge in [0, 0.05) is 13.8 Å². The summed E-state index contributed by atoms with van der Waals surface area (Å²) in [5.41, 5.74) is 0.674. The number of hydrogen-bond donors (Lipinski definition) is 2. The predicted molar refractivity (Wildman–Crippen MR) is 54.0 cm³/mol. The molecule has 0 atom stereocenters. The zero-order valence-electron chi connectivity index (χ0n) is 8.40.